The Kier molecular flexibility index (Phi) is 5.81. The Morgan fingerprint density at radius 3 is 2.50 bits per heavy atom. The molecule has 0 aliphatic carbocycles. The Morgan fingerprint density at radius 1 is 1.31 bits per heavy atom. The van der Waals surface area contributed by atoms with Gasteiger partial charge >= 0.3 is 0 Å². The maximum absolute atomic E-state index is 12.0. The van der Waals surface area contributed by atoms with Crippen molar-refractivity contribution in [1.82, 2.24) is 10.2 Å². The highest BCUT2D eigenvalue weighted by molar-refractivity contribution is 5.81. The van der Waals surface area contributed by atoms with Crippen molar-refractivity contribution >= 4 is 5.91 Å². The van der Waals surface area contributed by atoms with Gasteiger partial charge in [0, 0.05) is 19.1 Å². The molecule has 0 radical (unpaired) electrons. The highest BCUT2D eigenvalue weighted by atomic mass is 16.2. The van der Waals surface area contributed by atoms with Crippen LogP contribution in [0.4, 0.5) is 0 Å². The smallest absolute Gasteiger partial charge is 0.239 e. The average molecular weight is 226 g/mol. The van der Waals surface area contributed by atoms with Gasteiger partial charge in [-0.3, -0.25) is 4.79 Å². The van der Waals surface area contributed by atoms with Crippen molar-refractivity contribution in [2.45, 2.75) is 65.0 Å². The Bertz CT molecular complexity index is 212. The van der Waals surface area contributed by atoms with Crippen molar-refractivity contribution in [1.29, 1.82) is 0 Å². The molecular weight excluding hydrogens is 200 g/mol. The van der Waals surface area contributed by atoms with Crippen LogP contribution in [0.3, 0.4) is 0 Å². The highest BCUT2D eigenvalue weighted by Gasteiger charge is 2.23. The van der Waals surface area contributed by atoms with Crippen molar-refractivity contribution in [3.8, 4) is 0 Å². The molecule has 3 nitrogen and oxygen atoms in total. The first kappa shape index (κ1) is 13.5. The van der Waals surface area contributed by atoms with Crippen LogP contribution in [0.2, 0.25) is 0 Å². The van der Waals surface area contributed by atoms with E-state index in [-0.39, 0.29) is 11.9 Å². The molecule has 16 heavy (non-hydrogen) atoms. The molecule has 1 amide bonds. The second kappa shape index (κ2) is 6.89. The third-order valence-electron chi connectivity index (χ3n) is 3.31. The molecule has 1 fully saturated rings. The molecule has 1 N–H and O–H groups in total. The molecular formula is C13H26N2O. The van der Waals surface area contributed by atoms with Crippen LogP contribution in [0.25, 0.3) is 0 Å². The number of rotatable bonds is 6. The summed E-state index contributed by atoms with van der Waals surface area (Å²) in [6.45, 7) is 8.26. The predicted octanol–water partition coefficient (Wildman–Crippen LogP) is 2.17. The molecule has 94 valence electrons. The van der Waals surface area contributed by atoms with Crippen LogP contribution in [0.15, 0.2) is 0 Å². The molecule has 1 aliphatic rings. The van der Waals surface area contributed by atoms with Gasteiger partial charge in [0.25, 0.3) is 0 Å². The molecule has 0 aromatic carbocycles. The molecule has 2 unspecified atom stereocenters. The monoisotopic (exact) mass is 226 g/mol. The van der Waals surface area contributed by atoms with Crippen molar-refractivity contribution in [3.63, 3.8) is 0 Å². The lowest BCUT2D eigenvalue weighted by Gasteiger charge is -2.24. The number of amides is 1. The average Bonchev–Trinajstić information content (AvgIpc) is 2.78. The van der Waals surface area contributed by atoms with Gasteiger partial charge in [-0.05, 0) is 33.1 Å². The van der Waals surface area contributed by atoms with Gasteiger partial charge in [0.2, 0.25) is 5.91 Å². The van der Waals surface area contributed by atoms with E-state index in [1.165, 1.54) is 25.7 Å². The summed E-state index contributed by atoms with van der Waals surface area (Å²) >= 11 is 0. The normalized spacial score (nSPS) is 19.8. The van der Waals surface area contributed by atoms with Gasteiger partial charge in [-0.1, -0.05) is 19.8 Å². The fraction of sp³-hybridized carbons (Fsp3) is 0.923. The van der Waals surface area contributed by atoms with E-state index in [1.807, 2.05) is 11.8 Å². The van der Waals surface area contributed by atoms with Crippen LogP contribution >= 0.6 is 0 Å². The maximum Gasteiger partial charge on any atom is 0.239 e. The zero-order valence-electron chi connectivity index (χ0n) is 11.0. The summed E-state index contributed by atoms with van der Waals surface area (Å²) in [5.74, 6) is 0.279. The minimum atomic E-state index is -0.0232. The van der Waals surface area contributed by atoms with E-state index in [2.05, 4.69) is 19.2 Å². The second-order valence-electron chi connectivity index (χ2n) is 4.96. The number of carbonyl (C=O) groups is 1. The van der Waals surface area contributed by atoms with Crippen molar-refractivity contribution in [3.05, 3.63) is 0 Å². The summed E-state index contributed by atoms with van der Waals surface area (Å²) in [4.78, 5) is 14.0. The summed E-state index contributed by atoms with van der Waals surface area (Å²) < 4.78 is 0. The van der Waals surface area contributed by atoms with E-state index < -0.39 is 0 Å². The van der Waals surface area contributed by atoms with Crippen LogP contribution in [0.1, 0.15) is 52.9 Å². The van der Waals surface area contributed by atoms with Crippen molar-refractivity contribution < 1.29 is 4.79 Å². The van der Waals surface area contributed by atoms with E-state index in [4.69, 9.17) is 0 Å². The van der Waals surface area contributed by atoms with Crippen molar-refractivity contribution in [2.24, 2.45) is 0 Å². The molecule has 0 bridgehead atoms. The fourth-order valence-electron chi connectivity index (χ4n) is 2.30. The fourth-order valence-corrected chi connectivity index (χ4v) is 2.30. The Labute approximate surface area is 99.6 Å². The van der Waals surface area contributed by atoms with Gasteiger partial charge in [-0.15, -0.1) is 0 Å². The largest absolute Gasteiger partial charge is 0.341 e. The lowest BCUT2D eigenvalue weighted by Crippen LogP contribution is -2.46. The SMILES string of the molecule is CCCCC(C)NC(C)C(=O)N1CCCC1. The second-order valence-corrected chi connectivity index (χ2v) is 4.96. The van der Waals surface area contributed by atoms with Crippen LogP contribution in [0.5, 0.6) is 0 Å². The maximum atomic E-state index is 12.0. The van der Waals surface area contributed by atoms with E-state index in [0.29, 0.717) is 6.04 Å². The third-order valence-corrected chi connectivity index (χ3v) is 3.31. The minimum absolute atomic E-state index is 0.0232. The molecule has 3 heteroatoms. The molecule has 1 heterocycles. The molecule has 1 rings (SSSR count). The molecule has 0 saturated carbocycles. The Balaban J connectivity index is 2.27. The summed E-state index contributed by atoms with van der Waals surface area (Å²) in [5, 5.41) is 3.40. The number of carbonyl (C=O) groups excluding carboxylic acids is 1. The van der Waals surface area contributed by atoms with Gasteiger partial charge in [0.1, 0.15) is 0 Å². The number of nitrogens with one attached hydrogen (secondary N) is 1. The quantitative estimate of drug-likeness (QED) is 0.753. The topological polar surface area (TPSA) is 32.3 Å². The summed E-state index contributed by atoms with van der Waals surface area (Å²) in [6, 6.07) is 0.423. The van der Waals surface area contributed by atoms with E-state index in [9.17, 15) is 4.79 Å². The number of nitrogens with zero attached hydrogens (tertiary/aromatic N) is 1. The summed E-state index contributed by atoms with van der Waals surface area (Å²) in [6.07, 6.45) is 5.96. The first-order valence-electron chi connectivity index (χ1n) is 6.70. The van der Waals surface area contributed by atoms with E-state index in [1.54, 1.807) is 0 Å². The zero-order valence-corrected chi connectivity index (χ0v) is 11.0. The van der Waals surface area contributed by atoms with Crippen LogP contribution < -0.4 is 5.32 Å². The summed E-state index contributed by atoms with van der Waals surface area (Å²) in [5.41, 5.74) is 0. The van der Waals surface area contributed by atoms with E-state index >= 15 is 0 Å². The van der Waals surface area contributed by atoms with Gasteiger partial charge in [-0.25, -0.2) is 0 Å². The van der Waals surface area contributed by atoms with Crippen LogP contribution in [-0.4, -0.2) is 36.0 Å². The predicted molar refractivity (Wildman–Crippen MR) is 67.4 cm³/mol. The first-order chi connectivity index (χ1) is 7.65. The van der Waals surface area contributed by atoms with Gasteiger partial charge in [0.15, 0.2) is 0 Å². The first-order valence-corrected chi connectivity index (χ1v) is 6.70. The third kappa shape index (κ3) is 4.12. The molecule has 1 saturated heterocycles. The van der Waals surface area contributed by atoms with Gasteiger partial charge < -0.3 is 10.2 Å². The number of likely N-dealkylation sites (tertiary alicyclic amines) is 1. The Morgan fingerprint density at radius 2 is 1.94 bits per heavy atom. The van der Waals surface area contributed by atoms with Gasteiger partial charge in [-0.2, -0.15) is 0 Å². The summed E-state index contributed by atoms with van der Waals surface area (Å²) in [7, 11) is 0. The standard InChI is InChI=1S/C13H26N2O/c1-4-5-8-11(2)14-12(3)13(16)15-9-6-7-10-15/h11-12,14H,4-10H2,1-3H3. The van der Waals surface area contributed by atoms with Gasteiger partial charge in [0.05, 0.1) is 6.04 Å². The number of hydrogen-bond acceptors (Lipinski definition) is 2. The molecule has 0 aromatic heterocycles. The molecule has 0 aromatic rings. The highest BCUT2D eigenvalue weighted by Crippen LogP contribution is 2.09. The lowest BCUT2D eigenvalue weighted by atomic mass is 10.1. The minimum Gasteiger partial charge on any atom is -0.341 e. The Hall–Kier alpha value is -0.570. The number of hydrogen-bond donors (Lipinski definition) is 1. The molecule has 2 atom stereocenters. The molecule has 0 spiro atoms. The lowest BCUT2D eigenvalue weighted by molar-refractivity contribution is -0.132. The molecule has 1 aliphatic heterocycles. The van der Waals surface area contributed by atoms with Crippen molar-refractivity contribution in [2.75, 3.05) is 13.1 Å². The van der Waals surface area contributed by atoms with Crippen LogP contribution in [0, 0.1) is 0 Å². The van der Waals surface area contributed by atoms with E-state index in [0.717, 1.165) is 19.5 Å². The zero-order chi connectivity index (χ0) is 12.0. The number of unbranched alkanes of at least 4 members (excludes halogenated alkanes) is 1. The van der Waals surface area contributed by atoms with Crippen LogP contribution in [-0.2, 0) is 4.79 Å².